The third-order valence-corrected chi connectivity index (χ3v) is 2.67. The lowest BCUT2D eigenvalue weighted by Gasteiger charge is -2.15. The van der Waals surface area contributed by atoms with Gasteiger partial charge in [0.15, 0.2) is 0 Å². The normalized spacial score (nSPS) is 12.6. The van der Waals surface area contributed by atoms with Crippen molar-refractivity contribution in [3.05, 3.63) is 42.0 Å². The number of hydrogen-bond donors (Lipinski definition) is 2. The molecule has 0 saturated carbocycles. The Hall–Kier alpha value is -2.10. The van der Waals surface area contributed by atoms with Gasteiger partial charge >= 0.3 is 0 Å². The van der Waals surface area contributed by atoms with Crippen LogP contribution in [0.25, 0.3) is 6.08 Å². The third kappa shape index (κ3) is 5.38. The van der Waals surface area contributed by atoms with Crippen molar-refractivity contribution in [2.45, 2.75) is 26.3 Å². The van der Waals surface area contributed by atoms with Gasteiger partial charge < -0.3 is 11.1 Å². The molecule has 3 N–H and O–H groups in total. The summed E-state index contributed by atoms with van der Waals surface area (Å²) in [4.78, 5) is 22.8. The van der Waals surface area contributed by atoms with Gasteiger partial charge in [-0.15, -0.1) is 0 Å². The molecule has 0 spiro atoms. The number of primary amides is 1. The third-order valence-electron chi connectivity index (χ3n) is 2.67. The van der Waals surface area contributed by atoms with Crippen molar-refractivity contribution in [2.24, 2.45) is 11.7 Å². The molecule has 1 aromatic carbocycles. The van der Waals surface area contributed by atoms with E-state index in [-0.39, 0.29) is 11.8 Å². The van der Waals surface area contributed by atoms with Gasteiger partial charge in [0, 0.05) is 5.92 Å². The van der Waals surface area contributed by atoms with Crippen LogP contribution in [0.5, 0.6) is 0 Å². The summed E-state index contributed by atoms with van der Waals surface area (Å²) >= 11 is 0. The molecule has 0 bridgehead atoms. The Morgan fingerprint density at radius 3 is 2.42 bits per heavy atom. The van der Waals surface area contributed by atoms with E-state index >= 15 is 0 Å². The first-order chi connectivity index (χ1) is 9.00. The fraction of sp³-hybridized carbons (Fsp3) is 0.333. The van der Waals surface area contributed by atoms with Gasteiger partial charge in [0.05, 0.1) is 0 Å². The molecule has 0 radical (unpaired) electrons. The van der Waals surface area contributed by atoms with Crippen molar-refractivity contribution in [3.8, 4) is 0 Å². The summed E-state index contributed by atoms with van der Waals surface area (Å²) in [7, 11) is 0. The van der Waals surface area contributed by atoms with Gasteiger partial charge in [-0.25, -0.2) is 0 Å². The summed E-state index contributed by atoms with van der Waals surface area (Å²) in [5.74, 6) is -0.858. The summed E-state index contributed by atoms with van der Waals surface area (Å²) in [5.41, 5.74) is 6.32. The molecule has 19 heavy (non-hydrogen) atoms. The second-order valence-corrected chi connectivity index (χ2v) is 4.67. The van der Waals surface area contributed by atoms with Crippen LogP contribution in [-0.2, 0) is 9.59 Å². The molecule has 0 saturated heterocycles. The molecule has 0 aliphatic heterocycles. The van der Waals surface area contributed by atoms with E-state index < -0.39 is 11.9 Å². The fourth-order valence-corrected chi connectivity index (χ4v) is 1.49. The molecule has 4 nitrogen and oxygen atoms in total. The zero-order chi connectivity index (χ0) is 14.3. The van der Waals surface area contributed by atoms with Crippen LogP contribution < -0.4 is 11.1 Å². The van der Waals surface area contributed by atoms with Crippen LogP contribution in [-0.4, -0.2) is 17.9 Å². The maximum absolute atomic E-state index is 11.5. The largest absolute Gasteiger partial charge is 0.368 e. The number of benzene rings is 1. The Balaban J connectivity index is 2.58. The number of nitrogens with two attached hydrogens (primary N) is 1. The summed E-state index contributed by atoms with van der Waals surface area (Å²) in [5, 5.41) is 2.64. The molecule has 1 atom stereocenters. The number of hydrogen-bond acceptors (Lipinski definition) is 2. The first kappa shape index (κ1) is 15.0. The molecule has 0 aromatic heterocycles. The Labute approximate surface area is 113 Å². The Kier molecular flexibility index (Phi) is 5.79. The molecular formula is C15H20N2O2. The van der Waals surface area contributed by atoms with Gasteiger partial charge in [-0.1, -0.05) is 56.3 Å². The van der Waals surface area contributed by atoms with Crippen LogP contribution in [0.2, 0.25) is 0 Å². The van der Waals surface area contributed by atoms with Crippen molar-refractivity contribution < 1.29 is 9.59 Å². The first-order valence-corrected chi connectivity index (χ1v) is 6.32. The van der Waals surface area contributed by atoms with Crippen LogP contribution in [0.1, 0.15) is 25.8 Å². The molecule has 0 unspecified atom stereocenters. The summed E-state index contributed by atoms with van der Waals surface area (Å²) in [6, 6.07) is 9.07. The highest BCUT2D eigenvalue weighted by molar-refractivity contribution is 5.87. The summed E-state index contributed by atoms with van der Waals surface area (Å²) < 4.78 is 0. The summed E-state index contributed by atoms with van der Waals surface area (Å²) in [6.45, 7) is 3.54. The number of rotatable bonds is 6. The van der Waals surface area contributed by atoms with Crippen molar-refractivity contribution in [3.63, 3.8) is 0 Å². The van der Waals surface area contributed by atoms with Gasteiger partial charge in [-0.05, 0) is 12.0 Å². The van der Waals surface area contributed by atoms with Gasteiger partial charge in [-0.3, -0.25) is 9.59 Å². The Morgan fingerprint density at radius 2 is 1.89 bits per heavy atom. The van der Waals surface area contributed by atoms with E-state index in [1.807, 2.05) is 42.5 Å². The Bertz CT molecular complexity index is 452. The molecular weight excluding hydrogens is 240 g/mol. The second kappa shape index (κ2) is 7.36. The topological polar surface area (TPSA) is 72.2 Å². The predicted molar refractivity (Wildman–Crippen MR) is 76.1 cm³/mol. The number of nitrogens with one attached hydrogen (secondary N) is 1. The van der Waals surface area contributed by atoms with E-state index in [0.29, 0.717) is 6.42 Å². The standard InChI is InChI=1S/C15H20N2O2/c1-11(2)15(19)17-13(14(16)18)10-6-9-12-7-4-3-5-8-12/h3-9,11,13H,10H2,1-2H3,(H2,16,18)(H,17,19)/b9-6+/t13-/m0/s1. The predicted octanol–water partition coefficient (Wildman–Crippen LogP) is 1.72. The fourth-order valence-electron chi connectivity index (χ4n) is 1.49. The van der Waals surface area contributed by atoms with Crippen molar-refractivity contribution >= 4 is 17.9 Å². The van der Waals surface area contributed by atoms with Gasteiger partial charge in [0.1, 0.15) is 6.04 Å². The molecule has 0 aliphatic carbocycles. The van der Waals surface area contributed by atoms with Crippen LogP contribution in [0.4, 0.5) is 0 Å². The number of carbonyl (C=O) groups excluding carboxylic acids is 2. The Morgan fingerprint density at radius 1 is 1.26 bits per heavy atom. The van der Waals surface area contributed by atoms with Gasteiger partial charge in [0.25, 0.3) is 0 Å². The average molecular weight is 260 g/mol. The SMILES string of the molecule is CC(C)C(=O)N[C@@H](C/C=C/c1ccccc1)C(N)=O. The first-order valence-electron chi connectivity index (χ1n) is 6.32. The highest BCUT2D eigenvalue weighted by atomic mass is 16.2. The quantitative estimate of drug-likeness (QED) is 0.817. The lowest BCUT2D eigenvalue weighted by molar-refractivity contribution is -0.129. The van der Waals surface area contributed by atoms with E-state index in [1.165, 1.54) is 0 Å². The van der Waals surface area contributed by atoms with Crippen LogP contribution in [0.15, 0.2) is 36.4 Å². The van der Waals surface area contributed by atoms with E-state index in [0.717, 1.165) is 5.56 Å². The molecule has 1 rings (SSSR count). The van der Waals surface area contributed by atoms with E-state index in [1.54, 1.807) is 13.8 Å². The van der Waals surface area contributed by atoms with Crippen molar-refractivity contribution in [2.75, 3.05) is 0 Å². The lowest BCUT2D eigenvalue weighted by Crippen LogP contribution is -2.45. The highest BCUT2D eigenvalue weighted by Gasteiger charge is 2.17. The van der Waals surface area contributed by atoms with Gasteiger partial charge in [0.2, 0.25) is 11.8 Å². The maximum atomic E-state index is 11.5. The number of carbonyl (C=O) groups is 2. The van der Waals surface area contributed by atoms with Gasteiger partial charge in [-0.2, -0.15) is 0 Å². The van der Waals surface area contributed by atoms with Crippen LogP contribution in [0.3, 0.4) is 0 Å². The van der Waals surface area contributed by atoms with E-state index in [4.69, 9.17) is 5.73 Å². The average Bonchev–Trinajstić information content (AvgIpc) is 2.38. The van der Waals surface area contributed by atoms with Crippen molar-refractivity contribution in [1.82, 2.24) is 5.32 Å². The molecule has 0 heterocycles. The zero-order valence-corrected chi connectivity index (χ0v) is 11.3. The summed E-state index contributed by atoms with van der Waals surface area (Å²) in [6.07, 6.45) is 4.13. The minimum atomic E-state index is -0.658. The smallest absolute Gasteiger partial charge is 0.240 e. The van der Waals surface area contributed by atoms with Crippen LogP contribution in [0, 0.1) is 5.92 Å². The molecule has 4 heteroatoms. The van der Waals surface area contributed by atoms with E-state index in [2.05, 4.69) is 5.32 Å². The number of amides is 2. The van der Waals surface area contributed by atoms with Crippen molar-refractivity contribution in [1.29, 1.82) is 0 Å². The van der Waals surface area contributed by atoms with E-state index in [9.17, 15) is 9.59 Å². The maximum Gasteiger partial charge on any atom is 0.240 e. The zero-order valence-electron chi connectivity index (χ0n) is 11.3. The highest BCUT2D eigenvalue weighted by Crippen LogP contribution is 2.04. The monoisotopic (exact) mass is 260 g/mol. The van der Waals surface area contributed by atoms with Crippen LogP contribution >= 0.6 is 0 Å². The lowest BCUT2D eigenvalue weighted by atomic mass is 10.1. The molecule has 0 fully saturated rings. The molecule has 102 valence electrons. The molecule has 2 amide bonds. The molecule has 0 aliphatic rings. The minimum absolute atomic E-state index is 0.167. The minimum Gasteiger partial charge on any atom is -0.368 e. The molecule has 1 aromatic rings. The second-order valence-electron chi connectivity index (χ2n) is 4.67.